The lowest BCUT2D eigenvalue weighted by atomic mass is 9.94. The van der Waals surface area contributed by atoms with Crippen LogP contribution < -0.4 is 15.7 Å². The molecule has 1 fully saturated rings. The predicted octanol–water partition coefficient (Wildman–Crippen LogP) is 4.74. The molecule has 4 nitrogen and oxygen atoms in total. The number of esters is 1. The van der Waals surface area contributed by atoms with E-state index >= 15 is 0 Å². The van der Waals surface area contributed by atoms with Crippen molar-refractivity contribution in [3.05, 3.63) is 72.1 Å². The van der Waals surface area contributed by atoms with E-state index in [1.807, 2.05) is 19.1 Å². The van der Waals surface area contributed by atoms with Gasteiger partial charge in [0, 0.05) is 12.0 Å². The summed E-state index contributed by atoms with van der Waals surface area (Å²) in [6.07, 6.45) is 2.95. The van der Waals surface area contributed by atoms with Crippen LogP contribution in [0, 0.1) is 5.92 Å². The van der Waals surface area contributed by atoms with E-state index in [0.29, 0.717) is 6.61 Å². The fraction of sp³-hybridized carbons (Fsp3) is 0.464. The molecule has 2 aromatic rings. The summed E-state index contributed by atoms with van der Waals surface area (Å²) < 4.78 is 12.8. The maximum atomic E-state index is 12.8. The zero-order valence-corrected chi connectivity index (χ0v) is 23.0. The predicted molar refractivity (Wildman–Crippen MR) is 146 cm³/mol. The number of benzene rings is 2. The Labute approximate surface area is 210 Å². The smallest absolute Gasteiger partial charge is 0.308 e. The van der Waals surface area contributed by atoms with Crippen LogP contribution in [0.4, 0.5) is 0 Å². The summed E-state index contributed by atoms with van der Waals surface area (Å²) in [5.41, 5.74) is 0. The van der Waals surface area contributed by atoms with Crippen LogP contribution in [0.3, 0.4) is 0 Å². The van der Waals surface area contributed by atoms with Gasteiger partial charge in [-0.1, -0.05) is 88.0 Å². The fourth-order valence-corrected chi connectivity index (χ4v) is 10.4. The highest BCUT2D eigenvalue weighted by Gasteiger charge is 2.53. The van der Waals surface area contributed by atoms with E-state index in [9.17, 15) is 4.79 Å². The Balaban J connectivity index is 2.16. The average molecular weight is 498 g/mol. The highest BCUT2D eigenvalue weighted by atomic mass is 32.2. The molecule has 0 saturated carbocycles. The van der Waals surface area contributed by atoms with Crippen LogP contribution in [-0.4, -0.2) is 45.8 Å². The van der Waals surface area contributed by atoms with Crippen molar-refractivity contribution in [3.8, 4) is 0 Å². The lowest BCUT2D eigenvalue weighted by Gasteiger charge is -2.46. The van der Waals surface area contributed by atoms with Crippen molar-refractivity contribution in [3.63, 3.8) is 0 Å². The summed E-state index contributed by atoms with van der Waals surface area (Å²) in [6.45, 7) is 14.2. The molecule has 0 spiro atoms. The molecule has 6 heteroatoms. The first-order valence-corrected chi connectivity index (χ1v) is 15.3. The zero-order chi connectivity index (χ0) is 24.8. The quantitative estimate of drug-likeness (QED) is 0.380. The zero-order valence-electron chi connectivity index (χ0n) is 21.2. The van der Waals surface area contributed by atoms with Gasteiger partial charge in [0.1, 0.15) is 0 Å². The third-order valence-electron chi connectivity index (χ3n) is 6.76. The van der Waals surface area contributed by atoms with E-state index in [1.54, 1.807) is 11.8 Å². The molecule has 3 atom stereocenters. The van der Waals surface area contributed by atoms with E-state index < -0.39 is 8.32 Å². The summed E-state index contributed by atoms with van der Waals surface area (Å²) in [7, 11) is -2.83. The number of hydrogen-bond donors (Lipinski definition) is 1. The van der Waals surface area contributed by atoms with Gasteiger partial charge < -0.3 is 14.5 Å². The van der Waals surface area contributed by atoms with Crippen LogP contribution in [0.2, 0.25) is 5.04 Å². The second-order valence-corrected chi connectivity index (χ2v) is 15.1. The standard InChI is InChI=1S/C28H39NO3SSi/c1-7-31-26(30)20-25(27-24(18-19-29-27)21(2)33-6)32-34(28(3,4)5,22-14-10-8-11-15-22)23-16-12-9-13-17-23/h8-17,24-25,27,29H,2,7,18-20H2,1,3-6H3/t24-,25+,27+/m0/s1. The normalized spacial score (nSPS) is 19.6. The van der Waals surface area contributed by atoms with Crippen molar-refractivity contribution < 1.29 is 14.0 Å². The van der Waals surface area contributed by atoms with Gasteiger partial charge in [-0.2, -0.15) is 0 Å². The van der Waals surface area contributed by atoms with Gasteiger partial charge >= 0.3 is 5.97 Å². The Morgan fingerprint density at radius 1 is 1.12 bits per heavy atom. The fourth-order valence-electron chi connectivity index (χ4n) is 5.17. The minimum atomic E-state index is -2.83. The van der Waals surface area contributed by atoms with E-state index in [0.717, 1.165) is 17.9 Å². The van der Waals surface area contributed by atoms with Crippen molar-refractivity contribution >= 4 is 36.4 Å². The largest absolute Gasteiger partial charge is 0.466 e. The number of nitrogens with one attached hydrogen (secondary N) is 1. The van der Waals surface area contributed by atoms with Gasteiger partial charge in [0.2, 0.25) is 0 Å². The Hall–Kier alpha value is -1.86. The van der Waals surface area contributed by atoms with Gasteiger partial charge in [0.15, 0.2) is 0 Å². The molecule has 0 aromatic heterocycles. The SMILES string of the molecule is C=C(SC)[C@@H]1CCN[C@H]1[C@@H](CC(=O)OCC)O[Si](c1ccccc1)(c1ccccc1)C(C)(C)C. The average Bonchev–Trinajstić information content (AvgIpc) is 3.32. The van der Waals surface area contributed by atoms with Gasteiger partial charge in [-0.3, -0.25) is 4.79 Å². The minimum absolute atomic E-state index is 0.00556. The molecular weight excluding hydrogens is 458 g/mol. The van der Waals surface area contributed by atoms with Crippen molar-refractivity contribution in [2.75, 3.05) is 19.4 Å². The third kappa shape index (κ3) is 5.68. The van der Waals surface area contributed by atoms with Gasteiger partial charge in [-0.25, -0.2) is 0 Å². The first-order chi connectivity index (χ1) is 16.2. The molecule has 0 unspecified atom stereocenters. The highest BCUT2D eigenvalue weighted by Crippen LogP contribution is 2.40. The number of thioether (sulfide) groups is 1. The van der Waals surface area contributed by atoms with Crippen LogP contribution in [0.25, 0.3) is 0 Å². The second-order valence-electron chi connectivity index (χ2n) is 9.87. The number of rotatable bonds is 10. The summed E-state index contributed by atoms with van der Waals surface area (Å²) in [5, 5.41) is 5.91. The van der Waals surface area contributed by atoms with Crippen LogP contribution in [0.5, 0.6) is 0 Å². The Morgan fingerprint density at radius 3 is 2.15 bits per heavy atom. The number of ether oxygens (including phenoxy) is 1. The molecule has 0 amide bonds. The van der Waals surface area contributed by atoms with Crippen molar-refractivity contribution in [2.45, 2.75) is 57.7 Å². The monoisotopic (exact) mass is 497 g/mol. The van der Waals surface area contributed by atoms with E-state index in [1.165, 1.54) is 10.4 Å². The molecule has 0 radical (unpaired) electrons. The molecule has 1 N–H and O–H groups in total. The minimum Gasteiger partial charge on any atom is -0.466 e. The third-order valence-corrected chi connectivity index (χ3v) is 12.7. The maximum absolute atomic E-state index is 12.8. The van der Waals surface area contributed by atoms with E-state index in [4.69, 9.17) is 9.16 Å². The first kappa shape index (κ1) is 26.7. The number of hydrogen-bond acceptors (Lipinski definition) is 5. The van der Waals surface area contributed by atoms with Crippen LogP contribution >= 0.6 is 11.8 Å². The van der Waals surface area contributed by atoms with Crippen molar-refractivity contribution in [2.24, 2.45) is 5.92 Å². The summed E-state index contributed by atoms with van der Waals surface area (Å²) in [6, 6.07) is 21.2. The Kier molecular flexibility index (Phi) is 9.21. The molecule has 2 aromatic carbocycles. The molecule has 1 aliphatic rings. The van der Waals surface area contributed by atoms with Gasteiger partial charge in [-0.05, 0) is 46.5 Å². The lowest BCUT2D eigenvalue weighted by molar-refractivity contribution is -0.145. The highest BCUT2D eigenvalue weighted by molar-refractivity contribution is 8.02. The van der Waals surface area contributed by atoms with E-state index in [-0.39, 0.29) is 35.5 Å². The maximum Gasteiger partial charge on any atom is 0.308 e. The molecule has 34 heavy (non-hydrogen) atoms. The van der Waals surface area contributed by atoms with E-state index in [2.05, 4.69) is 87.5 Å². The summed E-state index contributed by atoms with van der Waals surface area (Å²) in [5.74, 6) is 0.0280. The molecular formula is C28H39NO3SSi. The summed E-state index contributed by atoms with van der Waals surface area (Å²) in [4.78, 5) is 14.0. The molecule has 1 saturated heterocycles. The summed E-state index contributed by atoms with van der Waals surface area (Å²) >= 11 is 1.69. The van der Waals surface area contributed by atoms with Crippen molar-refractivity contribution in [1.29, 1.82) is 0 Å². The Morgan fingerprint density at radius 2 is 1.68 bits per heavy atom. The van der Waals surface area contributed by atoms with Gasteiger partial charge in [-0.15, -0.1) is 11.8 Å². The lowest BCUT2D eigenvalue weighted by Crippen LogP contribution is -2.69. The topological polar surface area (TPSA) is 47.6 Å². The Bertz CT molecular complexity index is 906. The van der Waals surface area contributed by atoms with Crippen LogP contribution in [0.1, 0.15) is 40.5 Å². The van der Waals surface area contributed by atoms with Crippen molar-refractivity contribution in [1.82, 2.24) is 5.32 Å². The molecule has 1 aliphatic heterocycles. The van der Waals surface area contributed by atoms with Gasteiger partial charge in [0.25, 0.3) is 8.32 Å². The molecule has 1 heterocycles. The molecule has 0 aliphatic carbocycles. The molecule has 3 rings (SSSR count). The number of carbonyl (C=O) groups is 1. The molecule has 0 bridgehead atoms. The number of carbonyl (C=O) groups excluding carboxylic acids is 1. The molecule has 184 valence electrons. The van der Waals surface area contributed by atoms with Gasteiger partial charge in [0.05, 0.1) is 19.1 Å². The van der Waals surface area contributed by atoms with Crippen LogP contribution in [-0.2, 0) is 14.0 Å². The first-order valence-electron chi connectivity index (χ1n) is 12.1. The van der Waals surface area contributed by atoms with Crippen LogP contribution in [0.15, 0.2) is 72.1 Å². The second kappa shape index (κ2) is 11.7.